The van der Waals surface area contributed by atoms with Gasteiger partial charge in [-0.2, -0.15) is 0 Å². The molecule has 0 aliphatic carbocycles. The largest absolute Gasteiger partial charge is 0.508 e. The molecule has 0 unspecified atom stereocenters. The van der Waals surface area contributed by atoms with Crippen LogP contribution in [-0.4, -0.2) is 23.5 Å². The van der Waals surface area contributed by atoms with E-state index in [2.05, 4.69) is 5.32 Å². The van der Waals surface area contributed by atoms with Gasteiger partial charge in [-0.3, -0.25) is 9.59 Å². The number of aryl methyl sites for hydroxylation is 1. The number of hydrogen-bond donors (Lipinski definition) is 2. The minimum Gasteiger partial charge on any atom is -0.508 e. The van der Waals surface area contributed by atoms with Gasteiger partial charge >= 0.3 is 11.6 Å². The molecule has 150 valence electrons. The molecule has 3 aromatic rings. The van der Waals surface area contributed by atoms with E-state index in [-0.39, 0.29) is 23.5 Å². The van der Waals surface area contributed by atoms with Gasteiger partial charge in [-0.1, -0.05) is 13.0 Å². The second-order valence-corrected chi connectivity index (χ2v) is 6.28. The lowest BCUT2D eigenvalue weighted by atomic mass is 10.0. The number of halogens is 1. The highest BCUT2D eigenvalue weighted by atomic mass is 19.1. The normalized spacial score (nSPS) is 10.7. The zero-order valence-electron chi connectivity index (χ0n) is 15.5. The molecule has 7 nitrogen and oxygen atoms in total. The standard InChI is InChI=1S/C21H18FNO6/c1-2-12-7-16-14(8-19(25)29-18(16)9-17(12)24)11-28-20(26)10-23-21(27)13-4-3-5-15(22)6-13/h3-9,24H,2,10-11H2,1H3,(H,23,27). The molecule has 8 heteroatoms. The van der Waals surface area contributed by atoms with Crippen LogP contribution in [0.25, 0.3) is 11.0 Å². The fraction of sp³-hybridized carbons (Fsp3) is 0.190. The lowest BCUT2D eigenvalue weighted by Gasteiger charge is -2.10. The first kappa shape index (κ1) is 20.1. The first-order valence-electron chi connectivity index (χ1n) is 8.85. The predicted octanol–water partition coefficient (Wildman–Crippen LogP) is 2.67. The van der Waals surface area contributed by atoms with Crippen molar-refractivity contribution < 1.29 is 28.2 Å². The molecule has 0 fully saturated rings. The van der Waals surface area contributed by atoms with Gasteiger partial charge < -0.3 is 19.6 Å². The molecule has 0 saturated carbocycles. The van der Waals surface area contributed by atoms with Crippen LogP contribution in [0.4, 0.5) is 4.39 Å². The number of hydrogen-bond acceptors (Lipinski definition) is 6. The van der Waals surface area contributed by atoms with Crippen LogP contribution in [0.3, 0.4) is 0 Å². The van der Waals surface area contributed by atoms with Gasteiger partial charge in [-0.05, 0) is 36.2 Å². The van der Waals surface area contributed by atoms with Crippen molar-refractivity contribution in [3.63, 3.8) is 0 Å². The summed E-state index contributed by atoms with van der Waals surface area (Å²) in [6.07, 6.45) is 0.562. The third-order valence-electron chi connectivity index (χ3n) is 4.28. The van der Waals surface area contributed by atoms with E-state index in [1.165, 1.54) is 30.3 Å². The molecule has 0 atom stereocenters. The lowest BCUT2D eigenvalue weighted by molar-refractivity contribution is -0.143. The number of phenolic OH excluding ortho intramolecular Hbond substituents is 1. The van der Waals surface area contributed by atoms with Crippen LogP contribution in [-0.2, 0) is 22.6 Å². The molecule has 3 rings (SSSR count). The van der Waals surface area contributed by atoms with Crippen LogP contribution in [0.1, 0.15) is 28.4 Å². The number of phenols is 1. The molecular weight excluding hydrogens is 381 g/mol. The van der Waals surface area contributed by atoms with E-state index in [0.29, 0.717) is 22.9 Å². The van der Waals surface area contributed by atoms with Gasteiger partial charge in [-0.15, -0.1) is 0 Å². The van der Waals surface area contributed by atoms with Crippen molar-refractivity contribution in [2.24, 2.45) is 0 Å². The Kier molecular flexibility index (Phi) is 5.92. The average molecular weight is 399 g/mol. The minimum atomic E-state index is -0.731. The second kappa shape index (κ2) is 8.55. The van der Waals surface area contributed by atoms with Crippen LogP contribution in [0.2, 0.25) is 0 Å². The molecule has 0 saturated heterocycles. The smallest absolute Gasteiger partial charge is 0.336 e. The number of ether oxygens (including phenoxy) is 1. The maximum absolute atomic E-state index is 13.2. The number of benzene rings is 2. The molecule has 1 amide bonds. The quantitative estimate of drug-likeness (QED) is 0.488. The molecule has 29 heavy (non-hydrogen) atoms. The fourth-order valence-corrected chi connectivity index (χ4v) is 2.80. The topological polar surface area (TPSA) is 106 Å². The summed E-state index contributed by atoms with van der Waals surface area (Å²) in [5.41, 5.74) is 0.678. The summed E-state index contributed by atoms with van der Waals surface area (Å²) in [7, 11) is 0. The Hall–Kier alpha value is -3.68. The summed E-state index contributed by atoms with van der Waals surface area (Å²) in [6.45, 7) is 1.22. The van der Waals surface area contributed by atoms with Gasteiger partial charge in [0.25, 0.3) is 5.91 Å². The van der Waals surface area contributed by atoms with Crippen LogP contribution >= 0.6 is 0 Å². The summed E-state index contributed by atoms with van der Waals surface area (Å²) in [6, 6.07) is 9.28. The summed E-state index contributed by atoms with van der Waals surface area (Å²) in [5.74, 6) is -1.90. The molecule has 2 aromatic carbocycles. The molecule has 0 radical (unpaired) electrons. The number of carbonyl (C=O) groups excluding carboxylic acids is 2. The average Bonchev–Trinajstić information content (AvgIpc) is 2.69. The molecule has 0 aliphatic heterocycles. The minimum absolute atomic E-state index is 0.0114. The van der Waals surface area contributed by atoms with Gasteiger partial charge in [0.2, 0.25) is 0 Å². The van der Waals surface area contributed by atoms with E-state index in [4.69, 9.17) is 9.15 Å². The van der Waals surface area contributed by atoms with Crippen molar-refractivity contribution >= 4 is 22.8 Å². The molecule has 0 aliphatic rings. The van der Waals surface area contributed by atoms with E-state index in [9.17, 15) is 23.9 Å². The van der Waals surface area contributed by atoms with Gasteiger partial charge in [0.1, 0.15) is 30.3 Å². The number of amides is 1. The Morgan fingerprint density at radius 2 is 1.97 bits per heavy atom. The summed E-state index contributed by atoms with van der Waals surface area (Å²) >= 11 is 0. The van der Waals surface area contributed by atoms with Crippen LogP contribution in [0, 0.1) is 5.82 Å². The van der Waals surface area contributed by atoms with Crippen LogP contribution < -0.4 is 10.9 Å². The van der Waals surface area contributed by atoms with Crippen LogP contribution in [0.15, 0.2) is 51.7 Å². The molecule has 1 aromatic heterocycles. The highest BCUT2D eigenvalue weighted by molar-refractivity contribution is 5.95. The zero-order valence-corrected chi connectivity index (χ0v) is 15.5. The van der Waals surface area contributed by atoms with Gasteiger partial charge in [-0.25, -0.2) is 9.18 Å². The van der Waals surface area contributed by atoms with Gasteiger partial charge in [0.05, 0.1) is 0 Å². The zero-order chi connectivity index (χ0) is 21.0. The van der Waals surface area contributed by atoms with Crippen molar-refractivity contribution in [3.05, 3.63) is 75.4 Å². The van der Waals surface area contributed by atoms with Gasteiger partial charge in [0.15, 0.2) is 0 Å². The molecule has 1 heterocycles. The number of carbonyl (C=O) groups is 2. The van der Waals surface area contributed by atoms with Crippen molar-refractivity contribution in [1.82, 2.24) is 5.32 Å². The fourth-order valence-electron chi connectivity index (χ4n) is 2.80. The van der Waals surface area contributed by atoms with Gasteiger partial charge in [0, 0.05) is 28.6 Å². The first-order chi connectivity index (χ1) is 13.9. The van der Waals surface area contributed by atoms with E-state index in [0.717, 1.165) is 6.07 Å². The van der Waals surface area contributed by atoms with E-state index >= 15 is 0 Å². The van der Waals surface area contributed by atoms with Crippen molar-refractivity contribution in [2.45, 2.75) is 20.0 Å². The summed E-state index contributed by atoms with van der Waals surface area (Å²) in [5, 5.41) is 12.8. The number of fused-ring (bicyclic) bond motifs is 1. The van der Waals surface area contributed by atoms with E-state index < -0.39 is 29.9 Å². The molecular formula is C21H18FNO6. The van der Waals surface area contributed by atoms with Crippen molar-refractivity contribution in [1.29, 1.82) is 0 Å². The third-order valence-corrected chi connectivity index (χ3v) is 4.28. The SMILES string of the molecule is CCc1cc2c(COC(=O)CNC(=O)c3cccc(F)c3)cc(=O)oc2cc1O. The number of nitrogens with one attached hydrogen (secondary N) is 1. The number of aromatic hydroxyl groups is 1. The Bertz CT molecular complexity index is 1140. The summed E-state index contributed by atoms with van der Waals surface area (Å²) < 4.78 is 23.4. The Labute approximate surface area is 164 Å². The number of rotatable bonds is 6. The van der Waals surface area contributed by atoms with Crippen LogP contribution in [0.5, 0.6) is 5.75 Å². The molecule has 2 N–H and O–H groups in total. The first-order valence-corrected chi connectivity index (χ1v) is 8.85. The van der Waals surface area contributed by atoms with E-state index in [1.54, 1.807) is 6.07 Å². The Morgan fingerprint density at radius 3 is 2.69 bits per heavy atom. The third kappa shape index (κ3) is 4.78. The van der Waals surface area contributed by atoms with Crippen molar-refractivity contribution in [3.8, 4) is 5.75 Å². The number of esters is 1. The second-order valence-electron chi connectivity index (χ2n) is 6.28. The Morgan fingerprint density at radius 1 is 1.17 bits per heavy atom. The van der Waals surface area contributed by atoms with Crippen molar-refractivity contribution in [2.75, 3.05) is 6.54 Å². The summed E-state index contributed by atoms with van der Waals surface area (Å²) in [4.78, 5) is 35.6. The monoisotopic (exact) mass is 399 g/mol. The maximum atomic E-state index is 13.2. The molecule has 0 bridgehead atoms. The molecule has 0 spiro atoms. The highest BCUT2D eigenvalue weighted by Crippen LogP contribution is 2.27. The predicted molar refractivity (Wildman–Crippen MR) is 102 cm³/mol. The Balaban J connectivity index is 1.67. The van der Waals surface area contributed by atoms with E-state index in [1.807, 2.05) is 6.92 Å². The lowest BCUT2D eigenvalue weighted by Crippen LogP contribution is -2.30. The maximum Gasteiger partial charge on any atom is 0.336 e. The highest BCUT2D eigenvalue weighted by Gasteiger charge is 2.13.